The Labute approximate surface area is 162 Å². The standard InChI is InChI=1S/C21H22N4O3/c1-13-3-2-4-16-18(13)19(24-23-16)14-5-7-15(8-6-14)21(28)25-11-10-22-20(27)17(25)9-12-26/h2-8,17,26H,9-12H2,1H3,(H,22,27)(H,23,24)/t17-/m0/s1. The lowest BCUT2D eigenvalue weighted by Crippen LogP contribution is -2.57. The number of amides is 2. The summed E-state index contributed by atoms with van der Waals surface area (Å²) in [7, 11) is 0. The number of nitrogens with zero attached hydrogens (tertiary/aromatic N) is 2. The zero-order valence-electron chi connectivity index (χ0n) is 15.6. The fourth-order valence-corrected chi connectivity index (χ4v) is 3.76. The molecule has 144 valence electrons. The van der Waals surface area contributed by atoms with E-state index in [1.165, 1.54) is 4.90 Å². The van der Waals surface area contributed by atoms with Gasteiger partial charge in [0.2, 0.25) is 5.91 Å². The van der Waals surface area contributed by atoms with Crippen molar-refractivity contribution < 1.29 is 14.7 Å². The minimum Gasteiger partial charge on any atom is -0.396 e. The fraction of sp³-hybridized carbons (Fsp3) is 0.286. The van der Waals surface area contributed by atoms with Gasteiger partial charge in [-0.3, -0.25) is 14.7 Å². The molecule has 0 unspecified atom stereocenters. The summed E-state index contributed by atoms with van der Waals surface area (Å²) in [6.45, 7) is 2.75. The maximum atomic E-state index is 12.9. The van der Waals surface area contributed by atoms with Crippen LogP contribution in [0, 0.1) is 6.92 Å². The molecule has 0 radical (unpaired) electrons. The van der Waals surface area contributed by atoms with Crippen LogP contribution in [0.2, 0.25) is 0 Å². The molecule has 2 aromatic carbocycles. The van der Waals surface area contributed by atoms with Gasteiger partial charge in [-0.05, 0) is 37.1 Å². The minimum absolute atomic E-state index is 0.146. The van der Waals surface area contributed by atoms with E-state index in [4.69, 9.17) is 0 Å². The van der Waals surface area contributed by atoms with Gasteiger partial charge < -0.3 is 15.3 Å². The van der Waals surface area contributed by atoms with Crippen molar-refractivity contribution in [3.8, 4) is 11.3 Å². The van der Waals surface area contributed by atoms with E-state index in [-0.39, 0.29) is 24.8 Å². The van der Waals surface area contributed by atoms with Crippen molar-refractivity contribution in [1.29, 1.82) is 0 Å². The smallest absolute Gasteiger partial charge is 0.254 e. The number of aliphatic hydroxyl groups excluding tert-OH is 1. The Morgan fingerprint density at radius 3 is 2.79 bits per heavy atom. The number of fused-ring (bicyclic) bond motifs is 1. The summed E-state index contributed by atoms with van der Waals surface area (Å²) < 4.78 is 0. The number of hydrogen-bond donors (Lipinski definition) is 3. The van der Waals surface area contributed by atoms with E-state index < -0.39 is 6.04 Å². The van der Waals surface area contributed by atoms with Gasteiger partial charge in [-0.25, -0.2) is 0 Å². The Morgan fingerprint density at radius 1 is 1.25 bits per heavy atom. The molecule has 7 nitrogen and oxygen atoms in total. The topological polar surface area (TPSA) is 98.3 Å². The van der Waals surface area contributed by atoms with E-state index in [9.17, 15) is 14.7 Å². The Bertz CT molecular complexity index is 1030. The molecule has 1 aliphatic rings. The van der Waals surface area contributed by atoms with Crippen LogP contribution in [0.15, 0.2) is 42.5 Å². The number of carbonyl (C=O) groups is 2. The number of carbonyl (C=O) groups excluding carboxylic acids is 2. The maximum Gasteiger partial charge on any atom is 0.254 e. The van der Waals surface area contributed by atoms with Crippen molar-refractivity contribution >= 4 is 22.7 Å². The molecular weight excluding hydrogens is 356 g/mol. The van der Waals surface area contributed by atoms with Crippen LogP contribution in [-0.2, 0) is 4.79 Å². The van der Waals surface area contributed by atoms with Crippen LogP contribution in [0.5, 0.6) is 0 Å². The first-order valence-corrected chi connectivity index (χ1v) is 9.34. The predicted molar refractivity (Wildman–Crippen MR) is 106 cm³/mol. The predicted octanol–water partition coefficient (Wildman–Crippen LogP) is 1.86. The minimum atomic E-state index is -0.635. The molecule has 2 amide bonds. The number of aromatic amines is 1. The average Bonchev–Trinajstić information content (AvgIpc) is 3.15. The second kappa shape index (κ2) is 7.44. The number of aliphatic hydroxyl groups is 1. The molecule has 0 saturated carbocycles. The van der Waals surface area contributed by atoms with Crippen molar-refractivity contribution in [3.63, 3.8) is 0 Å². The third-order valence-electron chi connectivity index (χ3n) is 5.20. The van der Waals surface area contributed by atoms with E-state index in [0.29, 0.717) is 18.7 Å². The van der Waals surface area contributed by atoms with Gasteiger partial charge in [0.1, 0.15) is 11.7 Å². The van der Waals surface area contributed by atoms with Gasteiger partial charge in [0, 0.05) is 36.2 Å². The highest BCUT2D eigenvalue weighted by Crippen LogP contribution is 2.29. The second-order valence-corrected chi connectivity index (χ2v) is 6.96. The lowest BCUT2D eigenvalue weighted by Gasteiger charge is -2.34. The van der Waals surface area contributed by atoms with Gasteiger partial charge in [-0.2, -0.15) is 5.10 Å². The molecule has 1 fully saturated rings. The van der Waals surface area contributed by atoms with Gasteiger partial charge in [0.25, 0.3) is 5.91 Å². The molecule has 0 aliphatic carbocycles. The van der Waals surface area contributed by atoms with E-state index >= 15 is 0 Å². The van der Waals surface area contributed by atoms with E-state index in [1.54, 1.807) is 12.1 Å². The Kier molecular flexibility index (Phi) is 4.83. The molecule has 3 N–H and O–H groups in total. The van der Waals surface area contributed by atoms with Crippen molar-refractivity contribution in [2.75, 3.05) is 19.7 Å². The summed E-state index contributed by atoms with van der Waals surface area (Å²) in [5.74, 6) is -0.424. The molecular formula is C21H22N4O3. The van der Waals surface area contributed by atoms with Crippen LogP contribution < -0.4 is 5.32 Å². The number of aromatic nitrogens is 2. The van der Waals surface area contributed by atoms with Gasteiger partial charge >= 0.3 is 0 Å². The maximum absolute atomic E-state index is 12.9. The zero-order valence-corrected chi connectivity index (χ0v) is 15.6. The number of piperazine rings is 1. The number of rotatable bonds is 4. The second-order valence-electron chi connectivity index (χ2n) is 6.96. The molecule has 0 bridgehead atoms. The molecule has 4 rings (SSSR count). The molecule has 1 aromatic heterocycles. The van der Waals surface area contributed by atoms with Crippen LogP contribution in [-0.4, -0.2) is 57.8 Å². The lowest BCUT2D eigenvalue weighted by atomic mass is 10.0. The molecule has 28 heavy (non-hydrogen) atoms. The SMILES string of the molecule is Cc1cccc2[nH]nc(-c3ccc(C(=O)N4CCNC(=O)[C@@H]4CCO)cc3)c12. The van der Waals surface area contributed by atoms with E-state index in [0.717, 1.165) is 27.7 Å². The molecule has 7 heteroatoms. The van der Waals surface area contributed by atoms with Gasteiger partial charge in [0.15, 0.2) is 0 Å². The molecule has 3 aromatic rings. The molecule has 1 saturated heterocycles. The van der Waals surface area contributed by atoms with Crippen LogP contribution in [0.4, 0.5) is 0 Å². The molecule has 2 heterocycles. The summed E-state index contributed by atoms with van der Waals surface area (Å²) in [6, 6.07) is 12.7. The third-order valence-corrected chi connectivity index (χ3v) is 5.20. The first-order valence-electron chi connectivity index (χ1n) is 9.34. The first-order chi connectivity index (χ1) is 13.6. The van der Waals surface area contributed by atoms with Gasteiger partial charge in [-0.1, -0.05) is 24.3 Å². The number of hydrogen-bond acceptors (Lipinski definition) is 4. The van der Waals surface area contributed by atoms with Gasteiger partial charge in [-0.15, -0.1) is 0 Å². The Morgan fingerprint density at radius 2 is 2.04 bits per heavy atom. The highest BCUT2D eigenvalue weighted by Gasteiger charge is 2.33. The lowest BCUT2D eigenvalue weighted by molar-refractivity contribution is -0.128. The van der Waals surface area contributed by atoms with Crippen molar-refractivity contribution in [2.24, 2.45) is 0 Å². The Hall–Kier alpha value is -3.19. The zero-order chi connectivity index (χ0) is 19.7. The first kappa shape index (κ1) is 18.2. The normalized spacial score (nSPS) is 17.0. The van der Waals surface area contributed by atoms with Crippen LogP contribution in [0.1, 0.15) is 22.3 Å². The van der Waals surface area contributed by atoms with Crippen molar-refractivity contribution in [1.82, 2.24) is 20.4 Å². The van der Waals surface area contributed by atoms with Gasteiger partial charge in [0.05, 0.1) is 5.52 Å². The van der Waals surface area contributed by atoms with Crippen molar-refractivity contribution in [2.45, 2.75) is 19.4 Å². The number of benzene rings is 2. The summed E-state index contributed by atoms with van der Waals surface area (Å²) in [6.07, 6.45) is 0.230. The molecule has 1 aliphatic heterocycles. The summed E-state index contributed by atoms with van der Waals surface area (Å²) in [4.78, 5) is 26.5. The summed E-state index contributed by atoms with van der Waals surface area (Å²) in [5.41, 5.74) is 4.38. The summed E-state index contributed by atoms with van der Waals surface area (Å²) in [5, 5.41) is 20.5. The van der Waals surface area contributed by atoms with Crippen molar-refractivity contribution in [3.05, 3.63) is 53.6 Å². The number of nitrogens with one attached hydrogen (secondary N) is 2. The van der Waals surface area contributed by atoms with Crippen LogP contribution in [0.25, 0.3) is 22.2 Å². The van der Waals surface area contributed by atoms with E-state index in [2.05, 4.69) is 15.5 Å². The van der Waals surface area contributed by atoms with Crippen LogP contribution in [0.3, 0.4) is 0 Å². The fourth-order valence-electron chi connectivity index (χ4n) is 3.76. The number of aryl methyl sites for hydroxylation is 1. The highest BCUT2D eigenvalue weighted by molar-refractivity contribution is 5.99. The molecule has 1 atom stereocenters. The monoisotopic (exact) mass is 378 g/mol. The largest absolute Gasteiger partial charge is 0.396 e. The number of H-pyrrole nitrogens is 1. The molecule has 0 spiro atoms. The summed E-state index contributed by atoms with van der Waals surface area (Å²) >= 11 is 0. The average molecular weight is 378 g/mol. The quantitative estimate of drug-likeness (QED) is 0.645. The highest BCUT2D eigenvalue weighted by atomic mass is 16.3. The van der Waals surface area contributed by atoms with Crippen LogP contribution >= 0.6 is 0 Å². The third kappa shape index (κ3) is 3.14. The van der Waals surface area contributed by atoms with E-state index in [1.807, 2.05) is 37.3 Å². The Balaban J connectivity index is 1.62.